The highest BCUT2D eigenvalue weighted by atomic mass is 16.2. The van der Waals surface area contributed by atoms with Gasteiger partial charge in [0.05, 0.1) is 35.8 Å². The Morgan fingerprint density at radius 2 is 2.10 bits per heavy atom. The summed E-state index contributed by atoms with van der Waals surface area (Å²) in [6.07, 6.45) is 2.43. The van der Waals surface area contributed by atoms with Crippen LogP contribution in [0.1, 0.15) is 24.8 Å². The number of carbonyl (C=O) groups is 2. The number of hydrogen-bond acceptors (Lipinski definition) is 6. The summed E-state index contributed by atoms with van der Waals surface area (Å²) in [6, 6.07) is 10.2. The van der Waals surface area contributed by atoms with Gasteiger partial charge in [0.2, 0.25) is 11.8 Å². The second-order valence-corrected chi connectivity index (χ2v) is 8.53. The molecule has 8 nitrogen and oxygen atoms in total. The topological polar surface area (TPSA) is 117 Å². The van der Waals surface area contributed by atoms with Crippen LogP contribution in [0.5, 0.6) is 0 Å². The number of carbonyl (C=O) groups excluding carboxylic acids is 2. The van der Waals surface area contributed by atoms with E-state index in [1.165, 1.54) is 0 Å². The van der Waals surface area contributed by atoms with Gasteiger partial charge in [0.15, 0.2) is 0 Å². The van der Waals surface area contributed by atoms with Crippen LogP contribution in [0, 0.1) is 28.6 Å². The van der Waals surface area contributed by atoms with Crippen molar-refractivity contribution in [3.63, 3.8) is 0 Å². The predicted molar refractivity (Wildman–Crippen MR) is 103 cm³/mol. The van der Waals surface area contributed by atoms with Crippen LogP contribution in [-0.2, 0) is 9.59 Å². The van der Waals surface area contributed by atoms with Crippen LogP contribution < -0.4 is 10.6 Å². The van der Waals surface area contributed by atoms with Crippen LogP contribution in [0.4, 0.5) is 5.69 Å². The second-order valence-electron chi connectivity index (χ2n) is 8.53. The van der Waals surface area contributed by atoms with E-state index in [4.69, 9.17) is 11.0 Å². The fraction of sp³-hybridized carbons (Fsp3) is 0.524. The Morgan fingerprint density at radius 3 is 2.83 bits per heavy atom. The molecule has 2 amide bonds. The largest absolute Gasteiger partial charge is 0.322 e. The van der Waals surface area contributed by atoms with Gasteiger partial charge >= 0.3 is 0 Å². The lowest BCUT2D eigenvalue weighted by Gasteiger charge is -2.35. The molecule has 6 atom stereocenters. The zero-order valence-corrected chi connectivity index (χ0v) is 15.9. The highest BCUT2D eigenvalue weighted by molar-refractivity contribution is 6.01. The summed E-state index contributed by atoms with van der Waals surface area (Å²) in [5, 5.41) is 18.4. The van der Waals surface area contributed by atoms with Crippen LogP contribution in [0.15, 0.2) is 24.3 Å². The summed E-state index contributed by atoms with van der Waals surface area (Å²) < 4.78 is 0. The molecule has 1 aliphatic carbocycles. The first kappa shape index (κ1) is 18.1. The van der Waals surface area contributed by atoms with Gasteiger partial charge in [-0.05, 0) is 43.4 Å². The molecule has 148 valence electrons. The summed E-state index contributed by atoms with van der Waals surface area (Å²) >= 11 is 0. The van der Waals surface area contributed by atoms with Crippen LogP contribution in [0.25, 0.3) is 0 Å². The fourth-order valence-electron chi connectivity index (χ4n) is 5.34. The molecule has 4 aliphatic rings. The number of benzene rings is 1. The number of amides is 2. The first-order chi connectivity index (χ1) is 14.0. The maximum Gasteiger partial charge on any atom is 0.244 e. The lowest BCUT2D eigenvalue weighted by molar-refractivity contribution is -0.135. The normalized spacial score (nSPS) is 33.3. The number of anilines is 1. The van der Waals surface area contributed by atoms with Gasteiger partial charge in [-0.3, -0.25) is 14.5 Å². The number of hydrogen-bond donors (Lipinski definition) is 1. The number of nitrogens with zero attached hydrogens (tertiary/aromatic N) is 5. The Morgan fingerprint density at radius 1 is 1.28 bits per heavy atom. The molecule has 3 saturated heterocycles. The van der Waals surface area contributed by atoms with Crippen molar-refractivity contribution in [1.29, 1.82) is 10.5 Å². The van der Waals surface area contributed by atoms with E-state index < -0.39 is 6.04 Å². The van der Waals surface area contributed by atoms with Crippen molar-refractivity contribution in [3.05, 3.63) is 29.8 Å². The van der Waals surface area contributed by atoms with Gasteiger partial charge in [-0.15, -0.1) is 0 Å². The van der Waals surface area contributed by atoms with E-state index in [2.05, 4.69) is 12.1 Å². The van der Waals surface area contributed by atoms with Crippen molar-refractivity contribution >= 4 is 17.5 Å². The van der Waals surface area contributed by atoms with Crippen molar-refractivity contribution in [3.8, 4) is 12.1 Å². The maximum absolute atomic E-state index is 13.0. The lowest BCUT2D eigenvalue weighted by atomic mass is 10.1. The van der Waals surface area contributed by atoms with Crippen LogP contribution >= 0.6 is 0 Å². The molecular weight excluding hydrogens is 368 g/mol. The van der Waals surface area contributed by atoms with Crippen molar-refractivity contribution in [2.75, 3.05) is 18.0 Å². The quantitative estimate of drug-likeness (QED) is 0.784. The Hall–Kier alpha value is -2.94. The van der Waals surface area contributed by atoms with E-state index in [1.54, 1.807) is 28.0 Å². The molecular formula is C21H22N6O2. The number of rotatable bonds is 4. The molecule has 5 rings (SSSR count). The average molecular weight is 390 g/mol. The third-order valence-corrected chi connectivity index (χ3v) is 6.78. The van der Waals surface area contributed by atoms with Crippen molar-refractivity contribution in [2.45, 2.75) is 49.5 Å². The third kappa shape index (κ3) is 2.79. The Bertz CT molecular complexity index is 965. The van der Waals surface area contributed by atoms with Gasteiger partial charge in [0.25, 0.3) is 0 Å². The van der Waals surface area contributed by atoms with Gasteiger partial charge in [-0.25, -0.2) is 0 Å². The molecule has 0 aromatic heterocycles. The first-order valence-corrected chi connectivity index (χ1v) is 10.1. The highest BCUT2D eigenvalue weighted by Gasteiger charge is 2.55. The zero-order chi connectivity index (χ0) is 20.3. The second kappa shape index (κ2) is 6.55. The molecule has 3 aliphatic heterocycles. The molecule has 29 heavy (non-hydrogen) atoms. The number of fused-ring (bicyclic) bond motifs is 3. The van der Waals surface area contributed by atoms with Crippen molar-refractivity contribution < 1.29 is 9.59 Å². The Balaban J connectivity index is 1.26. The van der Waals surface area contributed by atoms with Crippen LogP contribution in [-0.4, -0.2) is 64.9 Å². The number of piperazine rings is 1. The van der Waals surface area contributed by atoms with Crippen LogP contribution in [0.3, 0.4) is 0 Å². The average Bonchev–Trinajstić information content (AvgIpc) is 3.07. The fourth-order valence-corrected chi connectivity index (χ4v) is 5.34. The molecule has 2 N–H and O–H groups in total. The molecule has 1 aromatic rings. The smallest absolute Gasteiger partial charge is 0.244 e. The molecule has 0 radical (unpaired) electrons. The summed E-state index contributed by atoms with van der Waals surface area (Å²) in [5.74, 6) is 0.280. The standard InChI is InChI=1S/C21H22N6O2/c22-8-12-2-1-3-14(4-12)26-16-7-19(21(26)29)25(10-16)11-17(24)20(28)27-15(9-23)5-13-6-18(13)27/h1-4,13,15-19H,5-7,10-11,24H2/t13-,15+,16-,17+,18?,19-/m1/s1. The van der Waals surface area contributed by atoms with Gasteiger partial charge in [-0.2, -0.15) is 10.5 Å². The maximum atomic E-state index is 13.0. The van der Waals surface area contributed by atoms with E-state index in [1.807, 2.05) is 11.0 Å². The third-order valence-electron chi connectivity index (χ3n) is 6.78. The lowest BCUT2D eigenvalue weighted by Crippen LogP contribution is -2.57. The van der Waals surface area contributed by atoms with Crippen molar-refractivity contribution in [2.24, 2.45) is 11.7 Å². The molecule has 8 heteroatoms. The van der Waals surface area contributed by atoms with Crippen LogP contribution in [0.2, 0.25) is 0 Å². The summed E-state index contributed by atoms with van der Waals surface area (Å²) in [6.45, 7) is 0.978. The van der Waals surface area contributed by atoms with Gasteiger partial charge in [0, 0.05) is 24.8 Å². The minimum Gasteiger partial charge on any atom is -0.322 e. The molecule has 2 bridgehead atoms. The van der Waals surface area contributed by atoms with E-state index >= 15 is 0 Å². The number of likely N-dealkylation sites (tertiary alicyclic amines) is 2. The van der Waals surface area contributed by atoms with E-state index in [9.17, 15) is 14.9 Å². The summed E-state index contributed by atoms with van der Waals surface area (Å²) in [5.41, 5.74) is 7.50. The first-order valence-electron chi connectivity index (χ1n) is 10.1. The van der Waals surface area contributed by atoms with Gasteiger partial charge < -0.3 is 15.5 Å². The van der Waals surface area contributed by atoms with Gasteiger partial charge in [0.1, 0.15) is 6.04 Å². The van der Waals surface area contributed by atoms with Gasteiger partial charge in [-0.1, -0.05) is 6.07 Å². The van der Waals surface area contributed by atoms with E-state index in [-0.39, 0.29) is 36.0 Å². The molecule has 4 fully saturated rings. The Kier molecular flexibility index (Phi) is 4.09. The number of nitriles is 2. The molecule has 3 heterocycles. The van der Waals surface area contributed by atoms with E-state index in [0.29, 0.717) is 31.0 Å². The number of piperidine rings is 1. The zero-order valence-electron chi connectivity index (χ0n) is 15.9. The summed E-state index contributed by atoms with van der Waals surface area (Å²) in [4.78, 5) is 31.3. The Labute approximate surface area is 169 Å². The van der Waals surface area contributed by atoms with E-state index in [0.717, 1.165) is 18.5 Å². The molecule has 1 saturated carbocycles. The minimum absolute atomic E-state index is 0.00526. The minimum atomic E-state index is -0.729. The molecule has 1 unspecified atom stereocenters. The van der Waals surface area contributed by atoms with Crippen molar-refractivity contribution in [1.82, 2.24) is 9.80 Å². The predicted octanol–water partition coefficient (Wildman–Crippen LogP) is 0.188. The SMILES string of the molecule is N#Cc1cccc(N2C(=O)[C@H]3C[C@@H]2CN3C[C@H](N)C(=O)N2C3C[C@H]3C[C@H]2C#N)c1. The molecule has 1 aromatic carbocycles. The highest BCUT2D eigenvalue weighted by Crippen LogP contribution is 2.47. The summed E-state index contributed by atoms with van der Waals surface area (Å²) in [7, 11) is 0. The number of nitrogens with two attached hydrogens (primary N) is 1. The monoisotopic (exact) mass is 390 g/mol. The molecule has 0 spiro atoms.